The van der Waals surface area contributed by atoms with Crippen molar-refractivity contribution in [3.63, 3.8) is 0 Å². The fourth-order valence-electron chi connectivity index (χ4n) is 3.24. The molecule has 3 aromatic rings. The number of halogens is 3. The molecule has 0 aliphatic carbocycles. The standard InChI is InChI=1S/C24H24BrClFNO/c1-2-7-23(17-8-4-3-5-9-17)28-15-18-14-19(25)12-13-24(18)29-16-20-21(26)10-6-11-22(20)27/h3-6,8-14,23,28H,2,7,15-16H2,1H3. The van der Waals surface area contributed by atoms with Crippen molar-refractivity contribution in [3.8, 4) is 5.75 Å². The molecule has 1 N–H and O–H groups in total. The normalized spacial score (nSPS) is 12.0. The summed E-state index contributed by atoms with van der Waals surface area (Å²) in [4.78, 5) is 0. The van der Waals surface area contributed by atoms with Gasteiger partial charge in [-0.15, -0.1) is 0 Å². The van der Waals surface area contributed by atoms with Crippen LogP contribution in [0.4, 0.5) is 4.39 Å². The van der Waals surface area contributed by atoms with Gasteiger partial charge in [0.05, 0.1) is 5.02 Å². The highest BCUT2D eigenvalue weighted by molar-refractivity contribution is 9.10. The molecule has 0 heterocycles. The lowest BCUT2D eigenvalue weighted by Gasteiger charge is -2.20. The minimum absolute atomic E-state index is 0.0806. The smallest absolute Gasteiger partial charge is 0.131 e. The van der Waals surface area contributed by atoms with E-state index in [1.54, 1.807) is 12.1 Å². The van der Waals surface area contributed by atoms with Crippen LogP contribution in [0.2, 0.25) is 5.02 Å². The summed E-state index contributed by atoms with van der Waals surface area (Å²) in [5, 5.41) is 4.01. The molecule has 1 atom stereocenters. The minimum Gasteiger partial charge on any atom is -0.488 e. The SMILES string of the molecule is CCCC(NCc1cc(Br)ccc1OCc1c(F)cccc1Cl)c1ccccc1. The molecule has 3 aromatic carbocycles. The quantitative estimate of drug-likeness (QED) is 0.346. The van der Waals surface area contributed by atoms with E-state index >= 15 is 0 Å². The Bertz CT molecular complexity index is 915. The molecule has 3 rings (SSSR count). The van der Waals surface area contributed by atoms with Crippen molar-refractivity contribution in [2.24, 2.45) is 0 Å². The van der Waals surface area contributed by atoms with Crippen LogP contribution in [0.5, 0.6) is 5.75 Å². The van der Waals surface area contributed by atoms with Gasteiger partial charge in [0.15, 0.2) is 0 Å². The van der Waals surface area contributed by atoms with Gasteiger partial charge in [-0.1, -0.05) is 77.3 Å². The van der Waals surface area contributed by atoms with Crippen molar-refractivity contribution < 1.29 is 9.13 Å². The van der Waals surface area contributed by atoms with E-state index in [2.05, 4.69) is 52.4 Å². The van der Waals surface area contributed by atoms with Gasteiger partial charge in [-0.05, 0) is 42.3 Å². The topological polar surface area (TPSA) is 21.3 Å². The van der Waals surface area contributed by atoms with Crippen LogP contribution in [-0.2, 0) is 13.2 Å². The number of nitrogens with one attached hydrogen (secondary N) is 1. The molecular weight excluding hydrogens is 453 g/mol. The Kier molecular flexibility index (Phi) is 8.10. The lowest BCUT2D eigenvalue weighted by atomic mass is 10.0. The molecule has 0 saturated carbocycles. The number of ether oxygens (including phenoxy) is 1. The Labute approximate surface area is 185 Å². The van der Waals surface area contributed by atoms with E-state index in [9.17, 15) is 4.39 Å². The second-order valence-corrected chi connectivity index (χ2v) is 8.20. The molecule has 0 aromatic heterocycles. The van der Waals surface area contributed by atoms with E-state index in [0.717, 1.165) is 22.9 Å². The van der Waals surface area contributed by atoms with E-state index in [-0.39, 0.29) is 18.5 Å². The molecule has 29 heavy (non-hydrogen) atoms. The predicted molar refractivity (Wildman–Crippen MR) is 121 cm³/mol. The van der Waals surface area contributed by atoms with Gasteiger partial charge in [0, 0.05) is 28.2 Å². The average Bonchev–Trinajstić information content (AvgIpc) is 2.72. The summed E-state index contributed by atoms with van der Waals surface area (Å²) in [5.74, 6) is 0.352. The Morgan fingerprint density at radius 1 is 1.07 bits per heavy atom. The molecule has 0 bridgehead atoms. The molecule has 1 unspecified atom stereocenters. The summed E-state index contributed by atoms with van der Waals surface area (Å²) in [6.45, 7) is 2.90. The van der Waals surface area contributed by atoms with E-state index in [1.807, 2.05) is 24.3 Å². The third-order valence-corrected chi connectivity index (χ3v) is 5.62. The number of hydrogen-bond acceptors (Lipinski definition) is 2. The van der Waals surface area contributed by atoms with E-state index in [0.29, 0.717) is 22.9 Å². The van der Waals surface area contributed by atoms with Crippen molar-refractivity contribution in [1.29, 1.82) is 0 Å². The maximum Gasteiger partial charge on any atom is 0.131 e. The summed E-state index contributed by atoms with van der Waals surface area (Å²) in [7, 11) is 0. The zero-order valence-electron chi connectivity index (χ0n) is 16.3. The third-order valence-electron chi connectivity index (χ3n) is 4.77. The third kappa shape index (κ3) is 6.05. The maximum absolute atomic E-state index is 14.1. The summed E-state index contributed by atoms with van der Waals surface area (Å²) in [6, 6.07) is 21.2. The molecule has 0 fully saturated rings. The van der Waals surface area contributed by atoms with Gasteiger partial charge >= 0.3 is 0 Å². The Morgan fingerprint density at radius 2 is 1.86 bits per heavy atom. The maximum atomic E-state index is 14.1. The molecule has 5 heteroatoms. The highest BCUT2D eigenvalue weighted by Crippen LogP contribution is 2.27. The van der Waals surface area contributed by atoms with Gasteiger partial charge in [-0.3, -0.25) is 0 Å². The van der Waals surface area contributed by atoms with Crippen molar-refractivity contribution >= 4 is 27.5 Å². The van der Waals surface area contributed by atoms with Crippen molar-refractivity contribution in [1.82, 2.24) is 5.32 Å². The Hall–Kier alpha value is -1.88. The highest BCUT2D eigenvalue weighted by atomic mass is 79.9. The van der Waals surface area contributed by atoms with Crippen molar-refractivity contribution in [2.45, 2.75) is 39.0 Å². The van der Waals surface area contributed by atoms with Gasteiger partial charge in [-0.2, -0.15) is 0 Å². The molecule has 0 aliphatic heterocycles. The minimum atomic E-state index is -0.360. The van der Waals surface area contributed by atoms with Crippen LogP contribution in [0, 0.1) is 5.82 Å². The first-order chi connectivity index (χ1) is 14.1. The molecule has 2 nitrogen and oxygen atoms in total. The lowest BCUT2D eigenvalue weighted by molar-refractivity contribution is 0.295. The number of rotatable bonds is 9. The Morgan fingerprint density at radius 3 is 2.59 bits per heavy atom. The van der Waals surface area contributed by atoms with E-state index in [1.165, 1.54) is 11.6 Å². The van der Waals surface area contributed by atoms with Crippen LogP contribution in [0.1, 0.15) is 42.5 Å². The summed E-state index contributed by atoms with van der Waals surface area (Å²) in [6.07, 6.45) is 2.12. The van der Waals surface area contributed by atoms with Crippen LogP contribution < -0.4 is 10.1 Å². The van der Waals surface area contributed by atoms with Crippen LogP contribution >= 0.6 is 27.5 Å². The summed E-state index contributed by atoms with van der Waals surface area (Å²) >= 11 is 9.66. The number of hydrogen-bond donors (Lipinski definition) is 1. The fraction of sp³-hybridized carbons (Fsp3) is 0.250. The van der Waals surface area contributed by atoms with Gasteiger partial charge in [-0.25, -0.2) is 4.39 Å². The van der Waals surface area contributed by atoms with Gasteiger partial charge in [0.25, 0.3) is 0 Å². The monoisotopic (exact) mass is 475 g/mol. The van der Waals surface area contributed by atoms with Crippen molar-refractivity contribution in [2.75, 3.05) is 0 Å². The van der Waals surface area contributed by atoms with Gasteiger partial charge in [0.1, 0.15) is 18.2 Å². The van der Waals surface area contributed by atoms with Gasteiger partial charge in [0.2, 0.25) is 0 Å². The zero-order chi connectivity index (χ0) is 20.6. The van der Waals surface area contributed by atoms with Crippen LogP contribution in [0.3, 0.4) is 0 Å². The highest BCUT2D eigenvalue weighted by Gasteiger charge is 2.13. The first kappa shape index (κ1) is 21.8. The molecule has 0 saturated heterocycles. The molecule has 0 spiro atoms. The average molecular weight is 477 g/mol. The van der Waals surface area contributed by atoms with Crippen LogP contribution in [0.15, 0.2) is 71.2 Å². The first-order valence-electron chi connectivity index (χ1n) is 9.71. The number of benzene rings is 3. The zero-order valence-corrected chi connectivity index (χ0v) is 18.6. The summed E-state index contributed by atoms with van der Waals surface area (Å²) in [5.41, 5.74) is 2.64. The molecule has 152 valence electrons. The van der Waals surface area contributed by atoms with Gasteiger partial charge < -0.3 is 10.1 Å². The predicted octanol–water partition coefficient (Wildman–Crippen LogP) is 7.45. The molecule has 0 radical (unpaired) electrons. The van der Waals surface area contributed by atoms with Crippen LogP contribution in [0.25, 0.3) is 0 Å². The largest absolute Gasteiger partial charge is 0.488 e. The summed E-state index contributed by atoms with van der Waals surface area (Å²) < 4.78 is 21.0. The second kappa shape index (κ2) is 10.8. The molecular formula is C24H24BrClFNO. The molecule has 0 aliphatic rings. The lowest BCUT2D eigenvalue weighted by Crippen LogP contribution is -2.21. The van der Waals surface area contributed by atoms with E-state index < -0.39 is 0 Å². The molecule has 0 amide bonds. The van der Waals surface area contributed by atoms with Crippen molar-refractivity contribution in [3.05, 3.63) is 98.7 Å². The van der Waals surface area contributed by atoms with Crippen LogP contribution in [-0.4, -0.2) is 0 Å². The van der Waals surface area contributed by atoms with E-state index in [4.69, 9.17) is 16.3 Å². The Balaban J connectivity index is 1.74. The second-order valence-electron chi connectivity index (χ2n) is 6.87. The first-order valence-corrected chi connectivity index (χ1v) is 10.9. The fourth-order valence-corrected chi connectivity index (χ4v) is 3.87.